The van der Waals surface area contributed by atoms with E-state index < -0.39 is 5.97 Å². The average molecular weight is 257 g/mol. The molecule has 0 aliphatic rings. The molecule has 0 aromatic carbocycles. The monoisotopic (exact) mass is 257 g/mol. The number of hydrogen-bond donors (Lipinski definition) is 2. The summed E-state index contributed by atoms with van der Waals surface area (Å²) in [6, 6.07) is 0. The summed E-state index contributed by atoms with van der Waals surface area (Å²) in [5.41, 5.74) is 0.877. The summed E-state index contributed by atoms with van der Waals surface area (Å²) in [6.45, 7) is 9.60. The van der Waals surface area contributed by atoms with E-state index >= 15 is 0 Å². The molecule has 0 aliphatic carbocycles. The highest BCUT2D eigenvalue weighted by Crippen LogP contribution is 2.23. The van der Waals surface area contributed by atoms with Gasteiger partial charge in [0.2, 0.25) is 0 Å². The molecule has 0 unspecified atom stereocenters. The lowest BCUT2D eigenvalue weighted by Gasteiger charge is -2.18. The number of likely N-dealkylation sites (N-methyl/N-ethyl adjacent to an activating group) is 1. The normalized spacial score (nSPS) is 10.8. The number of aromatic carboxylic acids is 1. The molecule has 0 bridgehead atoms. The highest BCUT2D eigenvalue weighted by Gasteiger charge is 2.16. The zero-order valence-corrected chi connectivity index (χ0v) is 11.3. The van der Waals surface area contributed by atoms with Crippen LogP contribution in [0.25, 0.3) is 0 Å². The zero-order chi connectivity index (χ0) is 12.8. The van der Waals surface area contributed by atoms with E-state index in [1.165, 1.54) is 11.5 Å². The topological polar surface area (TPSA) is 65.5 Å². The Balaban J connectivity index is 2.55. The summed E-state index contributed by atoms with van der Waals surface area (Å²) in [6.07, 6.45) is 0. The van der Waals surface area contributed by atoms with Crippen LogP contribution in [0.5, 0.6) is 0 Å². The molecule has 1 rings (SSSR count). The van der Waals surface area contributed by atoms with Crippen LogP contribution in [0.3, 0.4) is 0 Å². The number of nitrogens with one attached hydrogen (secondary N) is 1. The van der Waals surface area contributed by atoms with Crippen LogP contribution in [0.15, 0.2) is 0 Å². The molecule has 0 aliphatic heterocycles. The van der Waals surface area contributed by atoms with Gasteiger partial charge in [-0.1, -0.05) is 13.8 Å². The van der Waals surface area contributed by atoms with Gasteiger partial charge in [0.1, 0.15) is 10.6 Å². The van der Waals surface area contributed by atoms with Crippen LogP contribution in [0.1, 0.15) is 29.9 Å². The second-order valence-electron chi connectivity index (χ2n) is 3.73. The number of aromatic nitrogens is 1. The van der Waals surface area contributed by atoms with Crippen LogP contribution in [0.4, 0.5) is 5.00 Å². The van der Waals surface area contributed by atoms with Crippen LogP contribution in [-0.4, -0.2) is 46.5 Å². The van der Waals surface area contributed by atoms with Gasteiger partial charge in [0, 0.05) is 13.1 Å². The molecule has 5 nitrogen and oxygen atoms in total. The van der Waals surface area contributed by atoms with Crippen molar-refractivity contribution in [3.05, 3.63) is 11.3 Å². The van der Waals surface area contributed by atoms with Crippen LogP contribution in [0, 0.1) is 6.92 Å². The molecule has 0 spiro atoms. The minimum atomic E-state index is -0.915. The first-order chi connectivity index (χ1) is 8.10. The SMILES string of the molecule is CCN(CC)CCNc1snc(C)c1C(=O)O. The molecule has 0 amide bonds. The number of carboxylic acid groups (broad SMARTS) is 1. The third-order valence-corrected chi connectivity index (χ3v) is 3.58. The number of rotatable bonds is 7. The maximum Gasteiger partial charge on any atom is 0.340 e. The Bertz CT molecular complexity index is 375. The van der Waals surface area contributed by atoms with E-state index in [2.05, 4.69) is 28.4 Å². The molecule has 17 heavy (non-hydrogen) atoms. The summed E-state index contributed by atoms with van der Waals surface area (Å²) in [4.78, 5) is 13.3. The van der Waals surface area contributed by atoms with Crippen molar-refractivity contribution in [3.63, 3.8) is 0 Å². The minimum absolute atomic E-state index is 0.301. The molecule has 0 saturated carbocycles. The highest BCUT2D eigenvalue weighted by atomic mass is 32.1. The van der Waals surface area contributed by atoms with Gasteiger partial charge in [-0.3, -0.25) is 0 Å². The van der Waals surface area contributed by atoms with Crippen molar-refractivity contribution < 1.29 is 9.90 Å². The number of nitrogens with zero attached hydrogens (tertiary/aromatic N) is 2. The second-order valence-corrected chi connectivity index (χ2v) is 4.50. The standard InChI is InChI=1S/C11H19N3O2S/c1-4-14(5-2)7-6-12-10-9(11(15)16)8(3)13-17-10/h12H,4-7H2,1-3H3,(H,15,16). The average Bonchev–Trinajstić information content (AvgIpc) is 2.66. The molecule has 0 atom stereocenters. The van der Waals surface area contributed by atoms with Crippen molar-refractivity contribution in [2.45, 2.75) is 20.8 Å². The van der Waals surface area contributed by atoms with E-state index in [0.717, 1.165) is 26.2 Å². The first-order valence-electron chi connectivity index (χ1n) is 5.75. The second kappa shape index (κ2) is 6.56. The Hall–Kier alpha value is -1.14. The first kappa shape index (κ1) is 13.9. The number of carboxylic acids is 1. The van der Waals surface area contributed by atoms with E-state index in [1.807, 2.05) is 0 Å². The quantitative estimate of drug-likeness (QED) is 0.781. The van der Waals surface area contributed by atoms with E-state index in [-0.39, 0.29) is 0 Å². The Morgan fingerprint density at radius 1 is 1.47 bits per heavy atom. The molecular weight excluding hydrogens is 238 g/mol. The fourth-order valence-electron chi connectivity index (χ4n) is 1.61. The van der Waals surface area contributed by atoms with Crippen molar-refractivity contribution in [1.82, 2.24) is 9.27 Å². The molecular formula is C11H19N3O2S. The predicted molar refractivity (Wildman–Crippen MR) is 70.1 cm³/mol. The third-order valence-electron chi connectivity index (χ3n) is 2.68. The van der Waals surface area contributed by atoms with E-state index in [4.69, 9.17) is 5.11 Å². The Morgan fingerprint density at radius 3 is 2.65 bits per heavy atom. The summed E-state index contributed by atoms with van der Waals surface area (Å²) < 4.78 is 4.06. The Labute approximate surface area is 106 Å². The minimum Gasteiger partial charge on any atom is -0.478 e. The summed E-state index contributed by atoms with van der Waals surface area (Å²) in [5.74, 6) is -0.915. The molecule has 0 fully saturated rings. The molecule has 96 valence electrons. The molecule has 1 aromatic heterocycles. The Kier molecular flexibility index (Phi) is 5.37. The lowest BCUT2D eigenvalue weighted by molar-refractivity contribution is 0.0697. The van der Waals surface area contributed by atoms with Crippen molar-refractivity contribution >= 4 is 22.5 Å². The van der Waals surface area contributed by atoms with Gasteiger partial charge < -0.3 is 15.3 Å². The van der Waals surface area contributed by atoms with Crippen molar-refractivity contribution in [3.8, 4) is 0 Å². The maximum absolute atomic E-state index is 11.0. The predicted octanol–water partition coefficient (Wildman–Crippen LogP) is 1.90. The van der Waals surface area contributed by atoms with Crippen molar-refractivity contribution in [2.24, 2.45) is 0 Å². The van der Waals surface area contributed by atoms with Gasteiger partial charge in [0.15, 0.2) is 0 Å². The smallest absolute Gasteiger partial charge is 0.340 e. The van der Waals surface area contributed by atoms with Gasteiger partial charge in [-0.05, 0) is 31.5 Å². The largest absolute Gasteiger partial charge is 0.478 e. The lowest BCUT2D eigenvalue weighted by Crippen LogP contribution is -2.28. The van der Waals surface area contributed by atoms with Gasteiger partial charge in [-0.15, -0.1) is 0 Å². The van der Waals surface area contributed by atoms with E-state index in [9.17, 15) is 4.79 Å². The van der Waals surface area contributed by atoms with E-state index in [1.54, 1.807) is 6.92 Å². The molecule has 1 aromatic rings. The molecule has 0 saturated heterocycles. The molecule has 2 N–H and O–H groups in total. The Morgan fingerprint density at radius 2 is 2.12 bits per heavy atom. The molecule has 6 heteroatoms. The molecule has 1 heterocycles. The van der Waals surface area contributed by atoms with Gasteiger partial charge in [0.25, 0.3) is 0 Å². The summed E-state index contributed by atoms with van der Waals surface area (Å²) in [5, 5.41) is 12.9. The van der Waals surface area contributed by atoms with Gasteiger partial charge in [-0.2, -0.15) is 4.37 Å². The lowest BCUT2D eigenvalue weighted by atomic mass is 10.2. The number of aryl methyl sites for hydroxylation is 1. The summed E-state index contributed by atoms with van der Waals surface area (Å²) in [7, 11) is 0. The fourth-order valence-corrected chi connectivity index (χ4v) is 2.42. The highest BCUT2D eigenvalue weighted by molar-refractivity contribution is 7.10. The van der Waals surface area contributed by atoms with Crippen LogP contribution in [0.2, 0.25) is 0 Å². The van der Waals surface area contributed by atoms with Gasteiger partial charge in [0.05, 0.1) is 5.69 Å². The van der Waals surface area contributed by atoms with Crippen molar-refractivity contribution in [2.75, 3.05) is 31.5 Å². The fraction of sp³-hybridized carbons (Fsp3) is 0.636. The van der Waals surface area contributed by atoms with Crippen molar-refractivity contribution in [1.29, 1.82) is 0 Å². The van der Waals surface area contributed by atoms with Gasteiger partial charge in [-0.25, -0.2) is 4.79 Å². The van der Waals surface area contributed by atoms with Gasteiger partial charge >= 0.3 is 5.97 Å². The van der Waals surface area contributed by atoms with Crippen LogP contribution in [-0.2, 0) is 0 Å². The number of anilines is 1. The zero-order valence-electron chi connectivity index (χ0n) is 10.5. The maximum atomic E-state index is 11.0. The number of carbonyl (C=O) groups is 1. The van der Waals surface area contributed by atoms with Crippen LogP contribution >= 0.6 is 11.5 Å². The molecule has 0 radical (unpaired) electrons. The van der Waals surface area contributed by atoms with E-state index in [0.29, 0.717) is 16.3 Å². The summed E-state index contributed by atoms with van der Waals surface area (Å²) >= 11 is 1.21. The number of hydrogen-bond acceptors (Lipinski definition) is 5. The van der Waals surface area contributed by atoms with Crippen LogP contribution < -0.4 is 5.32 Å². The third kappa shape index (κ3) is 3.67. The first-order valence-corrected chi connectivity index (χ1v) is 6.53.